The minimum absolute atomic E-state index is 0.137. The molecule has 4 heteroatoms. The molecule has 6 rings (SSSR count). The molecule has 4 aliphatic rings. The fraction of sp³-hybridized carbons (Fsp3) is 0.471. The summed E-state index contributed by atoms with van der Waals surface area (Å²) in [6.07, 6.45) is 6.34. The third-order valence-electron chi connectivity index (χ3n) is 5.65. The zero-order valence-corrected chi connectivity index (χ0v) is 12.0. The Kier molecular flexibility index (Phi) is 2.31. The monoisotopic (exact) mass is 281 g/mol. The number of piperidine rings is 3. The van der Waals surface area contributed by atoms with Crippen LogP contribution in [-0.2, 0) is 4.74 Å². The summed E-state index contributed by atoms with van der Waals surface area (Å²) in [5, 5.41) is 1.32. The lowest BCUT2D eigenvalue weighted by atomic mass is 9.68. The minimum atomic E-state index is -0.137. The molecule has 5 heterocycles. The Morgan fingerprint density at radius 3 is 2.90 bits per heavy atom. The van der Waals surface area contributed by atoms with Crippen LogP contribution >= 0.6 is 0 Å². The number of fused-ring (bicyclic) bond motifs is 3. The first-order valence-corrected chi connectivity index (χ1v) is 7.85. The first-order valence-electron chi connectivity index (χ1n) is 7.85. The van der Waals surface area contributed by atoms with E-state index in [0.29, 0.717) is 12.0 Å². The van der Waals surface area contributed by atoms with E-state index in [0.717, 1.165) is 6.54 Å². The van der Waals surface area contributed by atoms with Crippen LogP contribution in [0, 0.1) is 5.92 Å². The molecule has 3 saturated heterocycles. The predicted octanol–water partition coefficient (Wildman–Crippen LogP) is 2.73. The Labute approximate surface area is 123 Å². The summed E-state index contributed by atoms with van der Waals surface area (Å²) >= 11 is 0. The molecule has 1 aromatic heterocycles. The van der Waals surface area contributed by atoms with Crippen molar-refractivity contribution in [2.75, 3.05) is 19.6 Å². The standard InChI is InChI=1S/C17H19N3O/c1-2-4-15-13(3-1)14(9-19-15)16-17(10-18-11-21-17)12-5-7-20(16)8-6-12/h1-4,9,11-12,16,19H,5-8,10H2. The van der Waals surface area contributed by atoms with E-state index in [-0.39, 0.29) is 5.60 Å². The van der Waals surface area contributed by atoms with Crippen LogP contribution in [0.15, 0.2) is 35.5 Å². The number of hydrogen-bond donors (Lipinski definition) is 1. The molecule has 0 amide bonds. The molecule has 2 aromatic rings. The van der Waals surface area contributed by atoms with Crippen LogP contribution in [0.4, 0.5) is 0 Å². The quantitative estimate of drug-likeness (QED) is 0.873. The zero-order chi connectivity index (χ0) is 13.9. The maximum absolute atomic E-state index is 6.15. The highest BCUT2D eigenvalue weighted by Crippen LogP contribution is 2.52. The predicted molar refractivity (Wildman–Crippen MR) is 82.5 cm³/mol. The van der Waals surface area contributed by atoms with Crippen molar-refractivity contribution in [1.82, 2.24) is 9.88 Å². The fourth-order valence-electron chi connectivity index (χ4n) is 4.69. The second-order valence-corrected chi connectivity index (χ2v) is 6.52. The summed E-state index contributed by atoms with van der Waals surface area (Å²) in [6.45, 7) is 3.16. The first kappa shape index (κ1) is 11.8. The number of para-hydroxylation sites is 1. The summed E-state index contributed by atoms with van der Waals surface area (Å²) in [4.78, 5) is 10.5. The molecule has 21 heavy (non-hydrogen) atoms. The van der Waals surface area contributed by atoms with E-state index in [1.807, 2.05) is 0 Å². The van der Waals surface area contributed by atoms with Gasteiger partial charge in [-0.1, -0.05) is 18.2 Å². The molecule has 108 valence electrons. The molecular weight excluding hydrogens is 262 g/mol. The average Bonchev–Trinajstić information content (AvgIpc) is 3.17. The van der Waals surface area contributed by atoms with Crippen molar-refractivity contribution in [2.24, 2.45) is 10.9 Å². The number of aliphatic imine (C=N–C) groups is 1. The minimum Gasteiger partial charge on any atom is -0.473 e. The smallest absolute Gasteiger partial charge is 0.170 e. The van der Waals surface area contributed by atoms with E-state index in [2.05, 4.69) is 45.3 Å². The van der Waals surface area contributed by atoms with Crippen LogP contribution in [0.2, 0.25) is 0 Å². The Bertz CT molecular complexity index is 704. The number of rotatable bonds is 1. The summed E-state index contributed by atoms with van der Waals surface area (Å²) in [6, 6.07) is 8.89. The van der Waals surface area contributed by atoms with E-state index >= 15 is 0 Å². The number of hydrogen-bond acceptors (Lipinski definition) is 3. The van der Waals surface area contributed by atoms with Gasteiger partial charge in [0.1, 0.15) is 0 Å². The Morgan fingerprint density at radius 1 is 1.24 bits per heavy atom. The number of aromatic amines is 1. The highest BCUT2D eigenvalue weighted by molar-refractivity contribution is 5.84. The normalized spacial score (nSPS) is 37.4. The SMILES string of the molecule is C1=NCC2(O1)C1CCN(CC1)C2c1c[nH]c2ccccc12. The van der Waals surface area contributed by atoms with Gasteiger partial charge in [-0.25, -0.2) is 0 Å². The van der Waals surface area contributed by atoms with Gasteiger partial charge in [-0.15, -0.1) is 0 Å². The summed E-state index contributed by atoms with van der Waals surface area (Å²) in [5.41, 5.74) is 2.45. The third kappa shape index (κ3) is 1.46. The number of H-pyrrole nitrogens is 1. The van der Waals surface area contributed by atoms with Crippen LogP contribution in [0.25, 0.3) is 10.9 Å². The van der Waals surface area contributed by atoms with Crippen molar-refractivity contribution < 1.29 is 4.74 Å². The van der Waals surface area contributed by atoms with E-state index in [9.17, 15) is 0 Å². The van der Waals surface area contributed by atoms with Gasteiger partial charge >= 0.3 is 0 Å². The van der Waals surface area contributed by atoms with Crippen molar-refractivity contribution in [3.8, 4) is 0 Å². The molecular formula is C17H19N3O. The molecule has 1 aromatic carbocycles. The Balaban J connectivity index is 1.69. The van der Waals surface area contributed by atoms with Gasteiger partial charge in [0, 0.05) is 23.0 Å². The molecule has 3 fully saturated rings. The van der Waals surface area contributed by atoms with Gasteiger partial charge in [0.05, 0.1) is 12.6 Å². The maximum Gasteiger partial charge on any atom is 0.170 e. The van der Waals surface area contributed by atoms with E-state index < -0.39 is 0 Å². The van der Waals surface area contributed by atoms with Gasteiger partial charge in [0.15, 0.2) is 12.0 Å². The van der Waals surface area contributed by atoms with E-state index in [1.165, 1.54) is 42.4 Å². The molecule has 4 aliphatic heterocycles. The van der Waals surface area contributed by atoms with Gasteiger partial charge < -0.3 is 9.72 Å². The van der Waals surface area contributed by atoms with Crippen molar-refractivity contribution in [2.45, 2.75) is 24.5 Å². The molecule has 1 N–H and O–H groups in total. The van der Waals surface area contributed by atoms with Crippen LogP contribution in [-0.4, -0.2) is 41.5 Å². The summed E-state index contributed by atoms with van der Waals surface area (Å²) < 4.78 is 6.15. The molecule has 4 nitrogen and oxygen atoms in total. The topological polar surface area (TPSA) is 40.6 Å². The Hall–Kier alpha value is -1.81. The average molecular weight is 281 g/mol. The van der Waals surface area contributed by atoms with Crippen molar-refractivity contribution in [3.63, 3.8) is 0 Å². The van der Waals surface area contributed by atoms with Gasteiger partial charge in [0.25, 0.3) is 0 Å². The number of ether oxygens (including phenoxy) is 1. The number of nitrogens with zero attached hydrogens (tertiary/aromatic N) is 2. The summed E-state index contributed by atoms with van der Waals surface area (Å²) in [7, 11) is 0. The molecule has 0 saturated carbocycles. The molecule has 0 aliphatic carbocycles. The number of benzene rings is 1. The third-order valence-corrected chi connectivity index (χ3v) is 5.65. The van der Waals surface area contributed by atoms with Gasteiger partial charge in [-0.2, -0.15) is 0 Å². The highest BCUT2D eigenvalue weighted by atomic mass is 16.5. The zero-order valence-electron chi connectivity index (χ0n) is 12.0. The molecule has 1 spiro atoms. The number of nitrogens with one attached hydrogen (secondary N) is 1. The summed E-state index contributed by atoms with van der Waals surface area (Å²) in [5.74, 6) is 0.628. The van der Waals surface area contributed by atoms with Crippen LogP contribution in [0.3, 0.4) is 0 Å². The van der Waals surface area contributed by atoms with Gasteiger partial charge in [-0.05, 0) is 37.6 Å². The van der Waals surface area contributed by atoms with E-state index in [1.54, 1.807) is 6.40 Å². The fourth-order valence-corrected chi connectivity index (χ4v) is 4.69. The second kappa shape index (κ2) is 4.10. The largest absolute Gasteiger partial charge is 0.473 e. The van der Waals surface area contributed by atoms with Gasteiger partial charge in [0.2, 0.25) is 0 Å². The molecule has 0 radical (unpaired) electrons. The first-order chi connectivity index (χ1) is 10.4. The second-order valence-electron chi connectivity index (χ2n) is 6.52. The van der Waals surface area contributed by atoms with E-state index in [4.69, 9.17) is 4.74 Å². The highest BCUT2D eigenvalue weighted by Gasteiger charge is 2.57. The molecule has 2 atom stereocenters. The lowest BCUT2D eigenvalue weighted by Crippen LogP contribution is -2.62. The van der Waals surface area contributed by atoms with Crippen LogP contribution < -0.4 is 0 Å². The molecule has 2 bridgehead atoms. The number of aromatic nitrogens is 1. The Morgan fingerprint density at radius 2 is 2.10 bits per heavy atom. The molecule has 2 unspecified atom stereocenters. The van der Waals surface area contributed by atoms with Crippen molar-refractivity contribution >= 4 is 17.3 Å². The lowest BCUT2D eigenvalue weighted by Gasteiger charge is -2.55. The van der Waals surface area contributed by atoms with Crippen LogP contribution in [0.5, 0.6) is 0 Å². The van der Waals surface area contributed by atoms with Gasteiger partial charge in [-0.3, -0.25) is 9.89 Å². The van der Waals surface area contributed by atoms with Crippen molar-refractivity contribution in [1.29, 1.82) is 0 Å². The van der Waals surface area contributed by atoms with Crippen molar-refractivity contribution in [3.05, 3.63) is 36.0 Å². The maximum atomic E-state index is 6.15. The van der Waals surface area contributed by atoms with Crippen LogP contribution in [0.1, 0.15) is 24.4 Å². The lowest BCUT2D eigenvalue weighted by molar-refractivity contribution is -0.129.